The second-order valence-electron chi connectivity index (χ2n) is 17.0. The molecule has 0 atom stereocenters. The first-order chi connectivity index (χ1) is 25.6. The lowest BCUT2D eigenvalue weighted by atomic mass is 9.66. The van der Waals surface area contributed by atoms with Crippen LogP contribution in [0.2, 0.25) is 0 Å². The average molecular weight is 683 g/mol. The molecular weight excluding hydrogens is 641 g/mol. The molecule has 0 saturated heterocycles. The molecule has 0 unspecified atom stereocenters. The van der Waals surface area contributed by atoms with Gasteiger partial charge in [0, 0.05) is 32.4 Å². The largest absolute Gasteiger partial charge is 0.309 e. The summed E-state index contributed by atoms with van der Waals surface area (Å²) in [6.45, 7) is 14.3. The number of anilines is 6. The van der Waals surface area contributed by atoms with Gasteiger partial charge in [-0.25, -0.2) is 0 Å². The van der Waals surface area contributed by atoms with E-state index in [1.165, 1.54) is 99.8 Å². The molecule has 8 aromatic rings. The van der Waals surface area contributed by atoms with E-state index in [4.69, 9.17) is 0 Å². The maximum Gasteiger partial charge on any atom is 0.0618 e. The maximum absolute atomic E-state index is 2.61. The van der Waals surface area contributed by atoms with Crippen molar-refractivity contribution >= 4 is 66.4 Å². The van der Waals surface area contributed by atoms with E-state index in [0.29, 0.717) is 0 Å². The van der Waals surface area contributed by atoms with Gasteiger partial charge in [-0.1, -0.05) is 163 Å². The van der Waals surface area contributed by atoms with Gasteiger partial charge in [0.05, 0.1) is 34.1 Å². The summed E-state index contributed by atoms with van der Waals surface area (Å²) in [6.07, 6.45) is 0. The highest BCUT2D eigenvalue weighted by atomic mass is 15.2. The second-order valence-corrected chi connectivity index (χ2v) is 17.0. The van der Waals surface area contributed by atoms with Crippen LogP contribution in [0.25, 0.3) is 32.3 Å². The predicted molar refractivity (Wildman–Crippen MR) is 225 cm³/mol. The Balaban J connectivity index is 1.26. The van der Waals surface area contributed by atoms with Crippen molar-refractivity contribution in [2.45, 2.75) is 57.8 Å². The minimum Gasteiger partial charge on any atom is -0.309 e. The van der Waals surface area contributed by atoms with E-state index in [-0.39, 0.29) is 16.2 Å². The molecule has 2 nitrogen and oxygen atoms in total. The zero-order chi connectivity index (χ0) is 36.0. The van der Waals surface area contributed by atoms with Crippen molar-refractivity contribution in [1.82, 2.24) is 0 Å². The van der Waals surface area contributed by atoms with Crippen LogP contribution < -0.4 is 9.80 Å². The molecule has 0 amide bonds. The van der Waals surface area contributed by atoms with Crippen molar-refractivity contribution in [2.75, 3.05) is 9.80 Å². The van der Waals surface area contributed by atoms with Gasteiger partial charge in [-0.15, -0.1) is 0 Å². The highest BCUT2D eigenvalue weighted by Gasteiger charge is 2.46. The van der Waals surface area contributed by atoms with Crippen molar-refractivity contribution in [3.8, 4) is 0 Å². The molecule has 2 heteroatoms. The van der Waals surface area contributed by atoms with Crippen LogP contribution in [0.15, 0.2) is 146 Å². The fourth-order valence-corrected chi connectivity index (χ4v) is 10.4. The maximum atomic E-state index is 2.61. The van der Waals surface area contributed by atoms with E-state index < -0.39 is 0 Å². The first-order valence-corrected chi connectivity index (χ1v) is 19.0. The van der Waals surface area contributed by atoms with Gasteiger partial charge in [0.25, 0.3) is 0 Å². The van der Waals surface area contributed by atoms with Gasteiger partial charge < -0.3 is 9.80 Å². The van der Waals surface area contributed by atoms with Crippen LogP contribution in [-0.2, 0) is 16.2 Å². The van der Waals surface area contributed by atoms with Crippen LogP contribution in [0.5, 0.6) is 0 Å². The Morgan fingerprint density at radius 2 is 0.736 bits per heavy atom. The summed E-state index contributed by atoms with van der Waals surface area (Å²) >= 11 is 0. The quantitative estimate of drug-likeness (QED) is 0.126. The summed E-state index contributed by atoms with van der Waals surface area (Å²) < 4.78 is 0. The lowest BCUT2D eigenvalue weighted by Crippen LogP contribution is -2.38. The highest BCUT2D eigenvalue weighted by molar-refractivity contribution is 6.23. The molecule has 0 saturated carbocycles. The average Bonchev–Trinajstić information content (AvgIpc) is 3.17. The second kappa shape index (κ2) is 10.2. The summed E-state index contributed by atoms with van der Waals surface area (Å²) in [5, 5.41) is 7.62. The fraction of sp³-hybridized carbons (Fsp3) is 0.176. The van der Waals surface area contributed by atoms with Crippen LogP contribution >= 0.6 is 0 Å². The van der Waals surface area contributed by atoms with Crippen molar-refractivity contribution < 1.29 is 0 Å². The molecule has 0 aliphatic carbocycles. The topological polar surface area (TPSA) is 6.48 Å². The Bertz CT molecular complexity index is 2830. The van der Waals surface area contributed by atoms with E-state index in [9.17, 15) is 0 Å². The van der Waals surface area contributed by atoms with Crippen LogP contribution in [0, 0.1) is 0 Å². The summed E-state index contributed by atoms with van der Waals surface area (Å²) in [7, 11) is 0. The molecule has 3 aliphatic heterocycles. The molecule has 8 aromatic carbocycles. The SMILES string of the molecule is CC1(C)c2ccccc2N(c2c3ccccc3cc3c2ccc2c4c(ccc23)C(C)(C)c2cccc3c2N4c2ccccc2C3(C)C)c2ccccc21. The van der Waals surface area contributed by atoms with Gasteiger partial charge in [0.2, 0.25) is 0 Å². The molecular formula is C51H42N2. The molecule has 0 spiro atoms. The minimum atomic E-state index is -0.175. The summed E-state index contributed by atoms with van der Waals surface area (Å²) in [5.74, 6) is 0. The Morgan fingerprint density at radius 3 is 1.36 bits per heavy atom. The molecule has 3 heterocycles. The highest BCUT2D eigenvalue weighted by Crippen LogP contribution is 2.62. The first kappa shape index (κ1) is 30.7. The third-order valence-corrected chi connectivity index (χ3v) is 13.2. The molecule has 3 aliphatic rings. The van der Waals surface area contributed by atoms with Gasteiger partial charge in [-0.3, -0.25) is 0 Å². The van der Waals surface area contributed by atoms with Crippen molar-refractivity contribution in [3.05, 3.63) is 179 Å². The molecule has 0 N–H and O–H groups in total. The van der Waals surface area contributed by atoms with E-state index in [2.05, 4.69) is 197 Å². The monoisotopic (exact) mass is 682 g/mol. The molecule has 0 bridgehead atoms. The van der Waals surface area contributed by atoms with E-state index in [1.54, 1.807) is 0 Å². The van der Waals surface area contributed by atoms with E-state index in [0.717, 1.165) is 0 Å². The van der Waals surface area contributed by atoms with Crippen LogP contribution in [-0.4, -0.2) is 0 Å². The summed E-state index contributed by atoms with van der Waals surface area (Å²) in [5.41, 5.74) is 15.5. The zero-order valence-corrected chi connectivity index (χ0v) is 31.3. The van der Waals surface area contributed by atoms with E-state index >= 15 is 0 Å². The number of hydrogen-bond donors (Lipinski definition) is 0. The van der Waals surface area contributed by atoms with Crippen molar-refractivity contribution in [2.24, 2.45) is 0 Å². The number of nitrogens with zero attached hydrogens (tertiary/aromatic N) is 2. The Kier molecular flexibility index (Phi) is 5.90. The van der Waals surface area contributed by atoms with E-state index in [1.807, 2.05) is 0 Å². The number of benzene rings is 8. The molecule has 11 rings (SSSR count). The van der Waals surface area contributed by atoms with Gasteiger partial charge in [-0.05, 0) is 73.8 Å². The van der Waals surface area contributed by atoms with Gasteiger partial charge in [-0.2, -0.15) is 0 Å². The number of hydrogen-bond acceptors (Lipinski definition) is 2. The minimum absolute atomic E-state index is 0.118. The van der Waals surface area contributed by atoms with Gasteiger partial charge >= 0.3 is 0 Å². The summed E-state index contributed by atoms with van der Waals surface area (Å²) in [4.78, 5) is 5.17. The third kappa shape index (κ3) is 3.78. The lowest BCUT2D eigenvalue weighted by molar-refractivity contribution is 0.598. The Labute approximate surface area is 311 Å². The normalized spacial score (nSPS) is 16.9. The zero-order valence-electron chi connectivity index (χ0n) is 31.3. The molecule has 53 heavy (non-hydrogen) atoms. The number of para-hydroxylation sites is 4. The van der Waals surface area contributed by atoms with Crippen LogP contribution in [0.3, 0.4) is 0 Å². The van der Waals surface area contributed by atoms with Crippen LogP contribution in [0.4, 0.5) is 34.1 Å². The Morgan fingerprint density at radius 1 is 0.302 bits per heavy atom. The first-order valence-electron chi connectivity index (χ1n) is 19.0. The number of fused-ring (bicyclic) bond motifs is 11. The van der Waals surface area contributed by atoms with Gasteiger partial charge in [0.1, 0.15) is 0 Å². The predicted octanol–water partition coefficient (Wildman–Crippen LogP) is 14.0. The lowest BCUT2D eigenvalue weighted by Gasteiger charge is -2.49. The smallest absolute Gasteiger partial charge is 0.0618 e. The standard InChI is InChI=1S/C51H42N2/c1-49(2)37-18-9-12-23-43(37)52(44-24-13-10-19-38(44)49)46-32-17-8-7-16-31(32)30-36-33-28-29-42-47(34(33)26-27-35(36)46)53-45-25-14-11-20-39(45)50(3,4)40-21-15-22-41(48(40)53)51(42,5)6/h7-30H,1-6H3. The summed E-state index contributed by atoms with van der Waals surface area (Å²) in [6, 6.07) is 55.2. The molecule has 0 fully saturated rings. The molecule has 0 radical (unpaired) electrons. The number of rotatable bonds is 1. The third-order valence-electron chi connectivity index (χ3n) is 13.2. The molecule has 0 aromatic heterocycles. The van der Waals surface area contributed by atoms with Crippen LogP contribution in [0.1, 0.15) is 74.9 Å². The fourth-order valence-electron chi connectivity index (χ4n) is 10.4. The molecule has 256 valence electrons. The van der Waals surface area contributed by atoms with Gasteiger partial charge in [0.15, 0.2) is 0 Å². The Hall–Kier alpha value is -5.86. The van der Waals surface area contributed by atoms with Crippen molar-refractivity contribution in [3.63, 3.8) is 0 Å². The van der Waals surface area contributed by atoms with Crippen molar-refractivity contribution in [1.29, 1.82) is 0 Å².